The van der Waals surface area contributed by atoms with Gasteiger partial charge in [0.2, 0.25) is 0 Å². The van der Waals surface area contributed by atoms with E-state index >= 15 is 0 Å². The van der Waals surface area contributed by atoms with Crippen LogP contribution in [-0.4, -0.2) is 23.0 Å². The van der Waals surface area contributed by atoms with Crippen molar-refractivity contribution in [2.24, 2.45) is 0 Å². The molecule has 0 saturated carbocycles. The molecule has 0 aliphatic rings. The quantitative estimate of drug-likeness (QED) is 0.832. The number of benzene rings is 1. The van der Waals surface area contributed by atoms with E-state index in [0.717, 1.165) is 12.0 Å². The number of rotatable bonds is 6. The van der Waals surface area contributed by atoms with Gasteiger partial charge in [-0.3, -0.25) is 9.59 Å². The van der Waals surface area contributed by atoms with Crippen LogP contribution in [0.15, 0.2) is 18.2 Å². The Morgan fingerprint density at radius 3 is 2.68 bits per heavy atom. The molecule has 0 aromatic heterocycles. The molecule has 0 bridgehead atoms. The molecule has 1 aromatic rings. The van der Waals surface area contributed by atoms with Gasteiger partial charge >= 0.3 is 5.97 Å². The third-order valence-electron chi connectivity index (χ3n) is 2.76. The van der Waals surface area contributed by atoms with E-state index in [0.29, 0.717) is 6.42 Å². The third-order valence-corrected chi connectivity index (χ3v) is 2.76. The topological polar surface area (TPSA) is 66.4 Å². The first kappa shape index (κ1) is 15.1. The van der Waals surface area contributed by atoms with Gasteiger partial charge in [0.05, 0.1) is 12.0 Å². The van der Waals surface area contributed by atoms with Crippen molar-refractivity contribution in [3.63, 3.8) is 0 Å². The van der Waals surface area contributed by atoms with Crippen molar-refractivity contribution in [2.45, 2.75) is 39.2 Å². The summed E-state index contributed by atoms with van der Waals surface area (Å²) in [5, 5.41) is 11.3. The van der Waals surface area contributed by atoms with Gasteiger partial charge in [0.25, 0.3) is 5.91 Å². The van der Waals surface area contributed by atoms with Crippen LogP contribution < -0.4 is 5.32 Å². The minimum atomic E-state index is -0.983. The maximum atomic E-state index is 13.5. The average molecular weight is 267 g/mol. The van der Waals surface area contributed by atoms with Crippen molar-refractivity contribution < 1.29 is 19.1 Å². The maximum Gasteiger partial charge on any atom is 0.305 e. The first-order valence-electron chi connectivity index (χ1n) is 6.22. The van der Waals surface area contributed by atoms with Crippen LogP contribution in [0.3, 0.4) is 0 Å². The van der Waals surface area contributed by atoms with Gasteiger partial charge in [-0.25, -0.2) is 4.39 Å². The summed E-state index contributed by atoms with van der Waals surface area (Å²) in [6.45, 7) is 3.66. The molecule has 4 nitrogen and oxygen atoms in total. The van der Waals surface area contributed by atoms with E-state index in [-0.39, 0.29) is 12.0 Å². The number of carbonyl (C=O) groups is 2. The Hall–Kier alpha value is -1.91. The van der Waals surface area contributed by atoms with Crippen molar-refractivity contribution in [2.75, 3.05) is 0 Å². The van der Waals surface area contributed by atoms with Crippen molar-refractivity contribution in [1.82, 2.24) is 5.32 Å². The molecule has 0 saturated heterocycles. The highest BCUT2D eigenvalue weighted by molar-refractivity contribution is 5.95. The fourth-order valence-electron chi connectivity index (χ4n) is 1.86. The number of halogens is 1. The lowest BCUT2D eigenvalue weighted by Gasteiger charge is -2.16. The molecule has 104 valence electrons. The van der Waals surface area contributed by atoms with Crippen LogP contribution >= 0.6 is 0 Å². The van der Waals surface area contributed by atoms with E-state index < -0.39 is 23.7 Å². The maximum absolute atomic E-state index is 13.5. The predicted molar refractivity (Wildman–Crippen MR) is 69.6 cm³/mol. The highest BCUT2D eigenvalue weighted by Gasteiger charge is 2.18. The Morgan fingerprint density at radius 2 is 2.11 bits per heavy atom. The summed E-state index contributed by atoms with van der Waals surface area (Å²) in [6, 6.07) is 3.78. The molecule has 0 aliphatic heterocycles. The van der Waals surface area contributed by atoms with Crippen molar-refractivity contribution >= 4 is 11.9 Å². The Balaban J connectivity index is 2.81. The summed E-state index contributed by atoms with van der Waals surface area (Å²) in [7, 11) is 0. The fourth-order valence-corrected chi connectivity index (χ4v) is 1.86. The number of carbonyl (C=O) groups excluding carboxylic acids is 1. The number of aryl methyl sites for hydroxylation is 1. The first-order chi connectivity index (χ1) is 8.93. The number of hydrogen-bond donors (Lipinski definition) is 2. The normalized spacial score (nSPS) is 11.9. The Labute approximate surface area is 111 Å². The second-order valence-electron chi connectivity index (χ2n) is 4.54. The number of amides is 1. The molecule has 19 heavy (non-hydrogen) atoms. The summed E-state index contributed by atoms with van der Waals surface area (Å²) in [5.74, 6) is -2.15. The van der Waals surface area contributed by atoms with E-state index in [4.69, 9.17) is 5.11 Å². The minimum absolute atomic E-state index is 0.0495. The van der Waals surface area contributed by atoms with Crippen LogP contribution in [0.1, 0.15) is 42.1 Å². The van der Waals surface area contributed by atoms with Crippen molar-refractivity contribution in [3.8, 4) is 0 Å². The molecule has 0 fully saturated rings. The zero-order valence-corrected chi connectivity index (χ0v) is 11.1. The first-order valence-corrected chi connectivity index (χ1v) is 6.22. The lowest BCUT2D eigenvalue weighted by molar-refractivity contribution is -0.137. The van der Waals surface area contributed by atoms with E-state index in [1.165, 1.54) is 12.1 Å². The van der Waals surface area contributed by atoms with Crippen molar-refractivity contribution in [1.29, 1.82) is 0 Å². The largest absolute Gasteiger partial charge is 0.481 e. The molecule has 1 atom stereocenters. The predicted octanol–water partition coefficient (Wildman–Crippen LogP) is 2.51. The van der Waals surface area contributed by atoms with Gasteiger partial charge in [-0.2, -0.15) is 0 Å². The molecule has 0 heterocycles. The molecule has 1 unspecified atom stereocenters. The third kappa shape index (κ3) is 4.69. The van der Waals surface area contributed by atoms with Gasteiger partial charge < -0.3 is 10.4 Å². The van der Waals surface area contributed by atoms with E-state index in [9.17, 15) is 14.0 Å². The van der Waals surface area contributed by atoms with Crippen LogP contribution in [0.2, 0.25) is 0 Å². The summed E-state index contributed by atoms with van der Waals surface area (Å²) in [4.78, 5) is 22.6. The van der Waals surface area contributed by atoms with Gasteiger partial charge in [0, 0.05) is 6.04 Å². The van der Waals surface area contributed by atoms with Gasteiger partial charge in [-0.1, -0.05) is 25.0 Å². The number of nitrogens with one attached hydrogen (secondary N) is 1. The molecule has 5 heteroatoms. The lowest BCUT2D eigenvalue weighted by atomic mass is 10.1. The van der Waals surface area contributed by atoms with Crippen molar-refractivity contribution in [3.05, 3.63) is 35.1 Å². The standard InChI is InChI=1S/C14H18FNO3/c1-3-4-10(8-13(17)18)16-14(19)11-7-9(2)5-6-12(11)15/h5-7,10H,3-4,8H2,1-2H3,(H,16,19)(H,17,18). The molecular weight excluding hydrogens is 249 g/mol. The summed E-state index contributed by atoms with van der Waals surface area (Å²) in [6.07, 6.45) is 1.13. The highest BCUT2D eigenvalue weighted by Crippen LogP contribution is 2.11. The SMILES string of the molecule is CCCC(CC(=O)O)NC(=O)c1cc(C)ccc1F. The van der Waals surface area contributed by atoms with E-state index in [1.807, 2.05) is 6.92 Å². The molecule has 2 N–H and O–H groups in total. The Bertz CT molecular complexity index is 474. The molecule has 1 rings (SSSR count). The van der Waals surface area contributed by atoms with Crippen LogP contribution in [0, 0.1) is 12.7 Å². The van der Waals surface area contributed by atoms with Gasteiger partial charge in [0.1, 0.15) is 5.82 Å². The van der Waals surface area contributed by atoms with Crippen LogP contribution in [-0.2, 0) is 4.79 Å². The molecule has 1 aromatic carbocycles. The second kappa shape index (κ2) is 6.87. The zero-order chi connectivity index (χ0) is 14.4. The molecule has 1 amide bonds. The lowest BCUT2D eigenvalue weighted by Crippen LogP contribution is -2.36. The number of carboxylic acid groups (broad SMARTS) is 1. The van der Waals surface area contributed by atoms with E-state index in [1.54, 1.807) is 13.0 Å². The zero-order valence-electron chi connectivity index (χ0n) is 11.1. The number of carboxylic acids is 1. The van der Waals surface area contributed by atoms with Gasteiger partial charge in [-0.05, 0) is 25.5 Å². The van der Waals surface area contributed by atoms with E-state index in [2.05, 4.69) is 5.32 Å². The Kier molecular flexibility index (Phi) is 5.48. The summed E-state index contributed by atoms with van der Waals surface area (Å²) >= 11 is 0. The van der Waals surface area contributed by atoms with Crippen LogP contribution in [0.5, 0.6) is 0 Å². The smallest absolute Gasteiger partial charge is 0.305 e. The summed E-state index contributed by atoms with van der Waals surface area (Å²) in [5.41, 5.74) is 0.725. The molecule has 0 radical (unpaired) electrons. The van der Waals surface area contributed by atoms with Crippen LogP contribution in [0.4, 0.5) is 4.39 Å². The number of hydrogen-bond acceptors (Lipinski definition) is 2. The van der Waals surface area contributed by atoms with Crippen LogP contribution in [0.25, 0.3) is 0 Å². The minimum Gasteiger partial charge on any atom is -0.481 e. The highest BCUT2D eigenvalue weighted by atomic mass is 19.1. The fraction of sp³-hybridized carbons (Fsp3) is 0.429. The second-order valence-corrected chi connectivity index (χ2v) is 4.54. The Morgan fingerprint density at radius 1 is 1.42 bits per heavy atom. The van der Waals surface area contributed by atoms with Gasteiger partial charge in [0.15, 0.2) is 0 Å². The number of aliphatic carboxylic acids is 1. The average Bonchev–Trinajstić information content (AvgIpc) is 2.31. The molecule has 0 aliphatic carbocycles. The summed E-state index contributed by atoms with van der Waals surface area (Å²) < 4.78 is 13.5. The monoisotopic (exact) mass is 267 g/mol. The van der Waals surface area contributed by atoms with Gasteiger partial charge in [-0.15, -0.1) is 0 Å². The molecule has 0 spiro atoms. The molecular formula is C14H18FNO3.